The van der Waals surface area contributed by atoms with Gasteiger partial charge in [0.15, 0.2) is 0 Å². The van der Waals surface area contributed by atoms with Gasteiger partial charge in [-0.15, -0.1) is 0 Å². The zero-order chi connectivity index (χ0) is 24.0. The Bertz CT molecular complexity index is 512. The van der Waals surface area contributed by atoms with Crippen molar-refractivity contribution >= 4 is 23.8 Å². The van der Waals surface area contributed by atoms with Crippen LogP contribution in [0.25, 0.3) is 11.5 Å². The maximum atomic E-state index is 10.5. The Morgan fingerprint density at radius 1 is 0.742 bits per heavy atom. The molecule has 182 valence electrons. The summed E-state index contributed by atoms with van der Waals surface area (Å²) in [5.41, 5.74) is 14.6. The van der Waals surface area contributed by atoms with Gasteiger partial charge in [-0.1, -0.05) is 53.4 Å². The molecule has 4 N–H and O–H groups in total. The molecule has 0 spiro atoms. The molecule has 1 aliphatic rings. The monoisotopic (exact) mass is 623 g/mol. The van der Waals surface area contributed by atoms with Gasteiger partial charge in [0.1, 0.15) is 0 Å². The summed E-state index contributed by atoms with van der Waals surface area (Å²) in [7, 11) is 0. The molecule has 4 atom stereocenters. The average Bonchev–Trinajstić information content (AvgIpc) is 2.60. The molecule has 0 aliphatic heterocycles. The maximum absolute atomic E-state index is 10.5. The van der Waals surface area contributed by atoms with E-state index in [4.69, 9.17) is 11.5 Å². The van der Waals surface area contributed by atoms with E-state index in [1.54, 1.807) is 27.7 Å². The van der Waals surface area contributed by atoms with Gasteiger partial charge in [0.2, 0.25) is 11.8 Å². The Morgan fingerprint density at radius 3 is 1.10 bits per heavy atom. The second-order valence-electron chi connectivity index (χ2n) is 7.98. The van der Waals surface area contributed by atoms with Gasteiger partial charge in [-0.2, -0.15) is 12.1 Å². The third kappa shape index (κ3) is 17.8. The summed E-state index contributed by atoms with van der Waals surface area (Å²) < 4.78 is 0. The summed E-state index contributed by atoms with van der Waals surface area (Å²) in [4.78, 5) is 41.6. The fourth-order valence-corrected chi connectivity index (χ4v) is 2.56. The molecule has 0 heterocycles. The number of carbonyl (C=O) groups excluding carboxylic acids is 4. The molecule has 0 aromatic rings. The number of aliphatic carboxylic acids is 2. The summed E-state index contributed by atoms with van der Waals surface area (Å²) in [5.74, 6) is -3.49. The van der Waals surface area contributed by atoms with E-state index in [0.717, 1.165) is 12.8 Å². The normalized spacial score (nSPS) is 19.3. The zero-order valence-corrected chi connectivity index (χ0v) is 21.3. The number of carboxylic acids is 2. The summed E-state index contributed by atoms with van der Waals surface area (Å²) in [6.45, 7) is 9.37. The fraction of sp³-hybridized carbons (Fsp3) is 0.800. The van der Waals surface area contributed by atoms with E-state index in [1.807, 2.05) is 0 Å². The quantitative estimate of drug-likeness (QED) is 0.425. The van der Waals surface area contributed by atoms with Crippen molar-refractivity contribution in [1.29, 1.82) is 0 Å². The van der Waals surface area contributed by atoms with Gasteiger partial charge in [0.25, 0.3) is 0 Å². The molecule has 11 heteroatoms. The molecule has 10 nitrogen and oxygen atoms in total. The van der Waals surface area contributed by atoms with Crippen LogP contribution in [0.3, 0.4) is 0 Å². The number of rotatable bonds is 6. The van der Waals surface area contributed by atoms with Crippen LogP contribution in [0, 0.1) is 11.8 Å². The minimum atomic E-state index is -1.24. The first kappa shape index (κ1) is 34.1. The summed E-state index contributed by atoms with van der Waals surface area (Å²) in [6.07, 6.45) is 4.25. The van der Waals surface area contributed by atoms with Crippen LogP contribution in [-0.2, 0) is 40.2 Å². The number of hydrogen-bond acceptors (Lipinski definition) is 6. The van der Waals surface area contributed by atoms with Crippen LogP contribution in [0.1, 0.15) is 67.2 Å². The van der Waals surface area contributed by atoms with Crippen LogP contribution in [-0.4, -0.2) is 47.9 Å². The van der Waals surface area contributed by atoms with Gasteiger partial charge in [-0.05, 0) is 11.8 Å². The van der Waals surface area contributed by atoms with E-state index >= 15 is 0 Å². The summed E-state index contributed by atoms with van der Waals surface area (Å²) >= 11 is 0. The molecule has 1 saturated carbocycles. The van der Waals surface area contributed by atoms with Crippen molar-refractivity contribution in [3.63, 3.8) is 0 Å². The average molecular weight is 624 g/mol. The van der Waals surface area contributed by atoms with Crippen LogP contribution in [0.15, 0.2) is 0 Å². The SMILES string of the molecule is CC(=O)NC(C(=O)[O-])C(C)C.CC(=O)NC(C(=O)[O-])C(C)C.[NH-]C1CCCCC1[NH-].[Pt+4]. The van der Waals surface area contributed by atoms with E-state index in [-0.39, 0.29) is 56.8 Å². The predicted molar refractivity (Wildman–Crippen MR) is 110 cm³/mol. The molecule has 1 aliphatic carbocycles. The second kappa shape index (κ2) is 18.1. The minimum Gasteiger partial charge on any atom is -0.676 e. The van der Waals surface area contributed by atoms with Gasteiger partial charge in [-0.25, -0.2) is 0 Å². The molecule has 0 bridgehead atoms. The number of nitrogens with one attached hydrogen (secondary N) is 4. The van der Waals surface area contributed by atoms with E-state index < -0.39 is 24.0 Å². The first-order valence-corrected chi connectivity index (χ1v) is 10.1. The van der Waals surface area contributed by atoms with Crippen LogP contribution < -0.4 is 20.8 Å². The van der Waals surface area contributed by atoms with Crippen LogP contribution in [0.4, 0.5) is 0 Å². The molecule has 1 rings (SSSR count). The Balaban J connectivity index is -0.000000377. The fourth-order valence-electron chi connectivity index (χ4n) is 2.56. The van der Waals surface area contributed by atoms with Crippen LogP contribution in [0.5, 0.6) is 0 Å². The topological polar surface area (TPSA) is 186 Å². The Labute approximate surface area is 199 Å². The van der Waals surface area contributed by atoms with Crippen molar-refractivity contribution in [2.75, 3.05) is 0 Å². The standard InChI is InChI=1S/2C7H13NO3.C6H12N2.Pt/c2*1-4(2)6(7(10)11)8-5(3)9;7-5-3-1-2-4-6(5)8;/h2*4,6H,1-3H3,(H,8,9)(H,10,11);5-8H,1-4H2;/q;;-2;+4/p-2. The minimum absolute atomic E-state index is 0. The molecular weight excluding hydrogens is 587 g/mol. The van der Waals surface area contributed by atoms with Crippen molar-refractivity contribution < 1.29 is 50.5 Å². The van der Waals surface area contributed by atoms with Crippen LogP contribution >= 0.6 is 0 Å². The molecule has 4 unspecified atom stereocenters. The zero-order valence-electron chi connectivity index (χ0n) is 19.1. The third-order valence-corrected chi connectivity index (χ3v) is 4.32. The maximum Gasteiger partial charge on any atom is 4.00 e. The molecule has 0 aromatic heterocycles. The smallest absolute Gasteiger partial charge is 0.676 e. The van der Waals surface area contributed by atoms with Gasteiger partial charge >= 0.3 is 21.1 Å². The Hall–Kier alpha value is -1.51. The Morgan fingerprint density at radius 2 is 1.00 bits per heavy atom. The number of carboxylic acid groups (broad SMARTS) is 2. The van der Waals surface area contributed by atoms with E-state index in [1.165, 1.54) is 26.7 Å². The molecule has 0 saturated heterocycles. The number of hydrogen-bond donors (Lipinski definition) is 2. The first-order chi connectivity index (χ1) is 13.7. The molecular formula is C20H36N4O6Pt. The molecule has 1 fully saturated rings. The Kier molecular flexibility index (Phi) is 19.9. The van der Waals surface area contributed by atoms with Gasteiger partial charge in [0.05, 0.1) is 24.0 Å². The van der Waals surface area contributed by atoms with Crippen molar-refractivity contribution in [1.82, 2.24) is 10.6 Å². The predicted octanol–water partition coefficient (Wildman–Crippen LogP) is 0.194. The number of carbonyl (C=O) groups is 4. The molecule has 31 heavy (non-hydrogen) atoms. The number of amides is 2. The second-order valence-corrected chi connectivity index (χ2v) is 7.98. The van der Waals surface area contributed by atoms with Gasteiger partial charge < -0.3 is 41.9 Å². The van der Waals surface area contributed by atoms with Crippen molar-refractivity contribution in [3.05, 3.63) is 11.5 Å². The summed E-state index contributed by atoms with van der Waals surface area (Å²) in [5, 5.41) is 25.3. The van der Waals surface area contributed by atoms with Crippen molar-refractivity contribution in [2.45, 2.75) is 91.4 Å². The van der Waals surface area contributed by atoms with Crippen LogP contribution in [0.2, 0.25) is 0 Å². The summed E-state index contributed by atoms with van der Waals surface area (Å²) in [6, 6.07) is -1.92. The first-order valence-electron chi connectivity index (χ1n) is 10.1. The molecule has 2 amide bonds. The van der Waals surface area contributed by atoms with Crippen molar-refractivity contribution in [2.24, 2.45) is 11.8 Å². The van der Waals surface area contributed by atoms with Gasteiger partial charge in [-0.3, -0.25) is 9.59 Å². The van der Waals surface area contributed by atoms with Crippen molar-refractivity contribution in [3.8, 4) is 0 Å². The van der Waals surface area contributed by atoms with E-state index in [9.17, 15) is 29.4 Å². The molecule has 0 radical (unpaired) electrons. The van der Waals surface area contributed by atoms with E-state index in [0.29, 0.717) is 0 Å². The largest absolute Gasteiger partial charge is 4.00 e. The third-order valence-electron chi connectivity index (χ3n) is 4.32. The van der Waals surface area contributed by atoms with Gasteiger partial charge in [0, 0.05) is 13.8 Å². The molecule has 0 aromatic carbocycles. The van der Waals surface area contributed by atoms with E-state index in [2.05, 4.69) is 10.6 Å².